The number of anilines is 2. The van der Waals surface area contributed by atoms with E-state index in [1.165, 1.54) is 48.5 Å². The molecule has 0 unspecified atom stereocenters. The first-order valence-corrected chi connectivity index (χ1v) is 16.5. The number of methoxy groups -OCH3 is 1. The van der Waals surface area contributed by atoms with Gasteiger partial charge >= 0.3 is 0 Å². The van der Waals surface area contributed by atoms with Gasteiger partial charge in [0, 0.05) is 24.8 Å². The SMILES string of the molecule is C=CC(=Nc1cc(-c2cncc(NS(=O)(=O)c3ccccc3)c2)ccc1N)N1CCN(S(=O)(=O)c2ccc(OC)cc2)CC1=O. The van der Waals surface area contributed by atoms with E-state index in [1.807, 2.05) is 0 Å². The minimum absolute atomic E-state index is 0.0415. The number of aromatic nitrogens is 1. The van der Waals surface area contributed by atoms with Crippen molar-refractivity contribution in [3.8, 4) is 16.9 Å². The first-order chi connectivity index (χ1) is 21.5. The van der Waals surface area contributed by atoms with Crippen LogP contribution in [0.25, 0.3) is 11.1 Å². The van der Waals surface area contributed by atoms with Gasteiger partial charge in [0.25, 0.3) is 10.0 Å². The Bertz CT molecular complexity index is 1980. The third-order valence-electron chi connectivity index (χ3n) is 6.98. The second-order valence-corrected chi connectivity index (χ2v) is 13.5. The highest BCUT2D eigenvalue weighted by atomic mass is 32.2. The van der Waals surface area contributed by atoms with Gasteiger partial charge in [-0.1, -0.05) is 30.8 Å². The van der Waals surface area contributed by atoms with E-state index in [0.29, 0.717) is 28.3 Å². The quantitative estimate of drug-likeness (QED) is 0.157. The Morgan fingerprint density at radius 1 is 0.956 bits per heavy atom. The molecule has 3 N–H and O–H groups in total. The molecule has 1 saturated heterocycles. The molecule has 1 aliphatic rings. The predicted octanol–water partition coefficient (Wildman–Crippen LogP) is 3.89. The summed E-state index contributed by atoms with van der Waals surface area (Å²) >= 11 is 0. The molecule has 0 spiro atoms. The highest BCUT2D eigenvalue weighted by Gasteiger charge is 2.34. The molecule has 0 bridgehead atoms. The van der Waals surface area contributed by atoms with Gasteiger partial charge in [0.05, 0.1) is 46.7 Å². The third kappa shape index (κ3) is 6.87. The Balaban J connectivity index is 1.36. The maximum atomic E-state index is 13.2. The first-order valence-electron chi connectivity index (χ1n) is 13.6. The van der Waals surface area contributed by atoms with Crippen molar-refractivity contribution in [1.29, 1.82) is 0 Å². The minimum Gasteiger partial charge on any atom is -0.497 e. The number of piperazine rings is 1. The van der Waals surface area contributed by atoms with Crippen LogP contribution < -0.4 is 15.2 Å². The number of aliphatic imine (C=N–C) groups is 1. The molecule has 0 atom stereocenters. The lowest BCUT2D eigenvalue weighted by molar-refractivity contribution is -0.129. The second kappa shape index (κ2) is 12.9. The Morgan fingerprint density at radius 2 is 1.69 bits per heavy atom. The van der Waals surface area contributed by atoms with Crippen molar-refractivity contribution in [2.45, 2.75) is 9.79 Å². The highest BCUT2D eigenvalue weighted by Crippen LogP contribution is 2.31. The molecule has 45 heavy (non-hydrogen) atoms. The van der Waals surface area contributed by atoms with E-state index < -0.39 is 26.0 Å². The number of rotatable bonds is 9. The molecule has 12 nitrogen and oxygen atoms in total. The molecule has 0 radical (unpaired) electrons. The van der Waals surface area contributed by atoms with Crippen molar-refractivity contribution in [1.82, 2.24) is 14.2 Å². The molecule has 14 heteroatoms. The van der Waals surface area contributed by atoms with Crippen LogP contribution in [0.2, 0.25) is 0 Å². The van der Waals surface area contributed by atoms with Gasteiger partial charge in [0.1, 0.15) is 11.6 Å². The Labute approximate surface area is 261 Å². The van der Waals surface area contributed by atoms with Crippen molar-refractivity contribution in [3.05, 3.63) is 104 Å². The van der Waals surface area contributed by atoms with Gasteiger partial charge in [0.15, 0.2) is 0 Å². The molecule has 0 aliphatic carbocycles. The van der Waals surface area contributed by atoms with Gasteiger partial charge in [-0.15, -0.1) is 0 Å². The van der Waals surface area contributed by atoms with Gasteiger partial charge in [-0.25, -0.2) is 21.8 Å². The Hall–Kier alpha value is -5.05. The molecular formula is C31H30N6O6S2. The van der Waals surface area contributed by atoms with E-state index in [4.69, 9.17) is 10.5 Å². The fourth-order valence-electron chi connectivity index (χ4n) is 4.62. The number of amidine groups is 1. The molecule has 1 amide bonds. The lowest BCUT2D eigenvalue weighted by Crippen LogP contribution is -2.53. The number of hydrogen-bond donors (Lipinski definition) is 2. The van der Waals surface area contributed by atoms with Gasteiger partial charge in [0.2, 0.25) is 15.9 Å². The maximum Gasteiger partial charge on any atom is 0.261 e. The summed E-state index contributed by atoms with van der Waals surface area (Å²) in [7, 11) is -6.25. The van der Waals surface area contributed by atoms with Gasteiger partial charge < -0.3 is 10.5 Å². The normalized spacial score (nSPS) is 14.6. The van der Waals surface area contributed by atoms with Crippen molar-refractivity contribution < 1.29 is 26.4 Å². The lowest BCUT2D eigenvalue weighted by Gasteiger charge is -2.33. The van der Waals surface area contributed by atoms with Crippen LogP contribution in [0.5, 0.6) is 5.75 Å². The number of pyridine rings is 1. The van der Waals surface area contributed by atoms with Gasteiger partial charge in [-0.3, -0.25) is 19.4 Å². The molecule has 5 rings (SSSR count). The Morgan fingerprint density at radius 3 is 2.36 bits per heavy atom. The summed E-state index contributed by atoms with van der Waals surface area (Å²) < 4.78 is 60.7. The predicted molar refractivity (Wildman–Crippen MR) is 172 cm³/mol. The molecule has 2 heterocycles. The number of amides is 1. The molecule has 0 saturated carbocycles. The highest BCUT2D eigenvalue weighted by molar-refractivity contribution is 7.92. The Kier molecular flexibility index (Phi) is 8.99. The molecule has 1 aromatic heterocycles. The molecule has 3 aromatic carbocycles. The summed E-state index contributed by atoms with van der Waals surface area (Å²) in [5, 5.41) is 0. The number of nitrogens with two attached hydrogens (primary N) is 1. The van der Waals surface area contributed by atoms with Crippen molar-refractivity contribution >= 4 is 48.9 Å². The van der Waals surface area contributed by atoms with E-state index in [9.17, 15) is 21.6 Å². The fraction of sp³-hybridized carbons (Fsp3) is 0.129. The molecular weight excluding hydrogens is 617 g/mol. The summed E-state index contributed by atoms with van der Waals surface area (Å²) in [4.78, 5) is 23.5. The van der Waals surface area contributed by atoms with E-state index in [1.54, 1.807) is 60.8 Å². The maximum absolute atomic E-state index is 13.2. The van der Waals surface area contributed by atoms with Crippen molar-refractivity contribution in [3.63, 3.8) is 0 Å². The molecule has 232 valence electrons. The summed E-state index contributed by atoms with van der Waals surface area (Å²) in [5.41, 5.74) is 8.37. The van der Waals surface area contributed by atoms with Crippen LogP contribution in [-0.2, 0) is 24.8 Å². The van der Waals surface area contributed by atoms with Crippen molar-refractivity contribution in [2.75, 3.05) is 37.2 Å². The number of carbonyl (C=O) groups excluding carboxylic acids is 1. The summed E-state index contributed by atoms with van der Waals surface area (Å²) in [6.45, 7) is 3.50. The number of benzene rings is 3. The van der Waals surface area contributed by atoms with Crippen LogP contribution in [0.4, 0.5) is 17.1 Å². The smallest absolute Gasteiger partial charge is 0.261 e. The van der Waals surface area contributed by atoms with E-state index in [0.717, 1.165) is 4.31 Å². The number of nitrogens with one attached hydrogen (secondary N) is 1. The fourth-order valence-corrected chi connectivity index (χ4v) is 7.06. The first kappa shape index (κ1) is 31.4. The van der Waals surface area contributed by atoms with Gasteiger partial charge in [-0.05, 0) is 66.2 Å². The second-order valence-electron chi connectivity index (χ2n) is 9.89. The zero-order valence-electron chi connectivity index (χ0n) is 24.2. The van der Waals surface area contributed by atoms with Crippen LogP contribution in [-0.4, -0.2) is 69.5 Å². The number of sulfonamides is 2. The number of nitrogens with zero attached hydrogens (tertiary/aromatic N) is 4. The largest absolute Gasteiger partial charge is 0.497 e. The zero-order chi connectivity index (χ0) is 32.2. The van der Waals surface area contributed by atoms with E-state index >= 15 is 0 Å². The van der Waals surface area contributed by atoms with Crippen LogP contribution in [0, 0.1) is 0 Å². The van der Waals surface area contributed by atoms with Crippen molar-refractivity contribution in [2.24, 2.45) is 4.99 Å². The van der Waals surface area contributed by atoms with E-state index in [2.05, 4.69) is 21.3 Å². The zero-order valence-corrected chi connectivity index (χ0v) is 25.8. The average Bonchev–Trinajstić information content (AvgIpc) is 3.05. The topological polar surface area (TPSA) is 164 Å². The average molecular weight is 647 g/mol. The minimum atomic E-state index is -3.91. The number of ether oxygens (including phenoxy) is 1. The number of carbonyl (C=O) groups is 1. The van der Waals surface area contributed by atoms with Gasteiger partial charge in [-0.2, -0.15) is 4.31 Å². The lowest BCUT2D eigenvalue weighted by atomic mass is 10.1. The third-order valence-corrected chi connectivity index (χ3v) is 10.2. The summed E-state index contributed by atoms with van der Waals surface area (Å²) in [5.74, 6) is 0.240. The standard InChI is InChI=1S/C31H30N6O6S2/c1-3-30(37-16-15-36(21-31(37)38)45(41,42)27-12-10-25(43-2)11-13-27)34-29-18-22(9-14-28(29)32)23-17-24(20-33-19-23)35-44(39,40)26-7-5-4-6-8-26/h3-14,17-20,35H,1,15-16,21,32H2,2H3. The molecule has 1 aliphatic heterocycles. The number of hydrogen-bond acceptors (Lipinski definition) is 9. The van der Waals surface area contributed by atoms with Crippen LogP contribution in [0.1, 0.15) is 0 Å². The summed E-state index contributed by atoms with van der Waals surface area (Å²) in [6.07, 6.45) is 4.37. The molecule has 4 aromatic rings. The number of nitrogen functional groups attached to an aromatic ring is 1. The van der Waals surface area contributed by atoms with Crippen LogP contribution in [0.3, 0.4) is 0 Å². The van der Waals surface area contributed by atoms with E-state index in [-0.39, 0.29) is 40.9 Å². The van der Waals surface area contributed by atoms with Crippen LogP contribution >= 0.6 is 0 Å². The van der Waals surface area contributed by atoms with Crippen LogP contribution in [0.15, 0.2) is 119 Å². The monoisotopic (exact) mass is 646 g/mol. The summed E-state index contributed by atoms with van der Waals surface area (Å²) in [6, 6.07) is 20.6. The molecule has 1 fully saturated rings.